The van der Waals surface area contributed by atoms with Crippen molar-refractivity contribution >= 4 is 28.5 Å². The van der Waals surface area contributed by atoms with Crippen LogP contribution in [0.4, 0.5) is 0 Å². The molecule has 2 rings (SSSR count). The number of hydrogen-bond acceptors (Lipinski definition) is 3. The quantitative estimate of drug-likeness (QED) is 0.834. The minimum atomic E-state index is -0.0996. The Bertz CT molecular complexity index is 524. The van der Waals surface area contributed by atoms with Gasteiger partial charge in [-0.25, -0.2) is 4.98 Å². The van der Waals surface area contributed by atoms with E-state index in [0.717, 1.165) is 9.13 Å². The molecule has 0 saturated carbocycles. The van der Waals surface area contributed by atoms with Crippen molar-refractivity contribution in [2.45, 2.75) is 13.5 Å². The van der Waals surface area contributed by atoms with Gasteiger partial charge in [0.05, 0.1) is 6.54 Å². The van der Waals surface area contributed by atoms with Crippen LogP contribution in [0.3, 0.4) is 0 Å². The summed E-state index contributed by atoms with van der Waals surface area (Å²) in [5.74, 6) is 0.541. The van der Waals surface area contributed by atoms with Gasteiger partial charge in [0.1, 0.15) is 12.2 Å². The molecule has 0 aliphatic heterocycles. The molecule has 1 aromatic carbocycles. The van der Waals surface area contributed by atoms with E-state index in [0.29, 0.717) is 17.9 Å². The zero-order chi connectivity index (χ0) is 12.3. The molecule has 1 amide bonds. The average molecular weight is 342 g/mol. The van der Waals surface area contributed by atoms with Crippen molar-refractivity contribution in [3.05, 3.63) is 45.0 Å². The summed E-state index contributed by atoms with van der Waals surface area (Å²) in [7, 11) is 0. The molecule has 0 unspecified atom stereocenters. The summed E-state index contributed by atoms with van der Waals surface area (Å²) in [4.78, 5) is 15.9. The van der Waals surface area contributed by atoms with Crippen LogP contribution in [-0.4, -0.2) is 21.1 Å². The molecule has 0 spiro atoms. The van der Waals surface area contributed by atoms with E-state index in [-0.39, 0.29) is 5.91 Å². The van der Waals surface area contributed by atoms with E-state index in [9.17, 15) is 4.79 Å². The van der Waals surface area contributed by atoms with Crippen LogP contribution in [0, 0.1) is 10.5 Å². The number of carbonyl (C=O) groups excluding carboxylic acids is 1. The smallest absolute Gasteiger partial charge is 0.251 e. The molecular weight excluding hydrogens is 331 g/mol. The van der Waals surface area contributed by atoms with E-state index in [1.807, 2.05) is 25.1 Å². The van der Waals surface area contributed by atoms with Crippen LogP contribution in [0.1, 0.15) is 21.7 Å². The van der Waals surface area contributed by atoms with E-state index < -0.39 is 0 Å². The topological polar surface area (TPSA) is 70.7 Å². The van der Waals surface area contributed by atoms with Crippen molar-refractivity contribution in [2.24, 2.45) is 0 Å². The molecule has 6 heteroatoms. The third-order valence-electron chi connectivity index (χ3n) is 2.39. The largest absolute Gasteiger partial charge is 0.345 e. The van der Waals surface area contributed by atoms with Crippen molar-refractivity contribution < 1.29 is 4.79 Å². The summed E-state index contributed by atoms with van der Waals surface area (Å²) in [6.45, 7) is 2.29. The highest BCUT2D eigenvalue weighted by molar-refractivity contribution is 14.1. The monoisotopic (exact) mass is 342 g/mol. The minimum Gasteiger partial charge on any atom is -0.345 e. The van der Waals surface area contributed by atoms with Gasteiger partial charge in [-0.2, -0.15) is 5.10 Å². The number of aromatic amines is 1. The summed E-state index contributed by atoms with van der Waals surface area (Å²) < 4.78 is 1.08. The normalized spacial score (nSPS) is 10.2. The molecule has 1 heterocycles. The molecule has 5 nitrogen and oxygen atoms in total. The Morgan fingerprint density at radius 1 is 1.53 bits per heavy atom. The number of nitrogens with zero attached hydrogens (tertiary/aromatic N) is 2. The fraction of sp³-hybridized carbons (Fsp3) is 0.182. The highest BCUT2D eigenvalue weighted by Gasteiger charge is 2.10. The lowest BCUT2D eigenvalue weighted by Gasteiger charge is -2.07. The van der Waals surface area contributed by atoms with Gasteiger partial charge in [0.25, 0.3) is 5.91 Å². The predicted molar refractivity (Wildman–Crippen MR) is 71.4 cm³/mol. The van der Waals surface area contributed by atoms with Crippen LogP contribution in [-0.2, 0) is 6.54 Å². The Morgan fingerprint density at radius 2 is 2.35 bits per heavy atom. The van der Waals surface area contributed by atoms with Gasteiger partial charge in [-0.05, 0) is 47.2 Å². The van der Waals surface area contributed by atoms with Gasteiger partial charge in [-0.3, -0.25) is 9.89 Å². The fourth-order valence-corrected chi connectivity index (χ4v) is 1.93. The molecule has 88 valence electrons. The number of nitrogens with one attached hydrogen (secondary N) is 2. The number of aromatic nitrogens is 3. The van der Waals surface area contributed by atoms with Gasteiger partial charge >= 0.3 is 0 Å². The Kier molecular flexibility index (Phi) is 3.72. The summed E-state index contributed by atoms with van der Waals surface area (Å²) in [6.07, 6.45) is 1.41. The lowest BCUT2D eigenvalue weighted by molar-refractivity contribution is 0.0949. The van der Waals surface area contributed by atoms with Crippen LogP contribution in [0.15, 0.2) is 24.5 Å². The molecule has 0 aliphatic rings. The first-order valence-corrected chi connectivity index (χ1v) is 6.14. The van der Waals surface area contributed by atoms with Gasteiger partial charge in [-0.1, -0.05) is 6.07 Å². The number of amides is 1. The maximum Gasteiger partial charge on any atom is 0.251 e. The van der Waals surface area contributed by atoms with E-state index in [1.54, 1.807) is 0 Å². The van der Waals surface area contributed by atoms with E-state index in [2.05, 4.69) is 43.1 Å². The van der Waals surface area contributed by atoms with Gasteiger partial charge in [0.15, 0.2) is 0 Å². The predicted octanol–water partition coefficient (Wildman–Crippen LogP) is 1.65. The van der Waals surface area contributed by atoms with Crippen LogP contribution in [0.2, 0.25) is 0 Å². The first-order chi connectivity index (χ1) is 8.18. The second-order valence-electron chi connectivity index (χ2n) is 3.53. The third-order valence-corrected chi connectivity index (χ3v) is 3.56. The van der Waals surface area contributed by atoms with Crippen molar-refractivity contribution in [1.82, 2.24) is 20.5 Å². The molecule has 0 atom stereocenters. The maximum absolute atomic E-state index is 11.9. The zero-order valence-electron chi connectivity index (χ0n) is 9.20. The lowest BCUT2D eigenvalue weighted by Crippen LogP contribution is -2.24. The molecule has 2 aromatic rings. The van der Waals surface area contributed by atoms with Crippen molar-refractivity contribution in [2.75, 3.05) is 0 Å². The SMILES string of the molecule is Cc1c(I)cccc1C(=O)NCc1ncn[nH]1. The summed E-state index contributed by atoms with van der Waals surface area (Å²) in [6, 6.07) is 5.66. The second-order valence-corrected chi connectivity index (χ2v) is 4.69. The Hall–Kier alpha value is -1.44. The standard InChI is InChI=1S/C11H11IN4O/c1-7-8(3-2-4-9(7)12)11(17)13-5-10-14-6-15-16-10/h2-4,6H,5H2,1H3,(H,13,17)(H,14,15,16). The van der Waals surface area contributed by atoms with Gasteiger partial charge < -0.3 is 5.32 Å². The van der Waals surface area contributed by atoms with Crippen LogP contribution in [0.25, 0.3) is 0 Å². The molecule has 1 aromatic heterocycles. The first kappa shape index (κ1) is 12.0. The van der Waals surface area contributed by atoms with Crippen LogP contribution in [0.5, 0.6) is 0 Å². The Balaban J connectivity index is 2.07. The third kappa shape index (κ3) is 2.82. The van der Waals surface area contributed by atoms with Crippen molar-refractivity contribution in [3.63, 3.8) is 0 Å². The van der Waals surface area contributed by atoms with Crippen LogP contribution < -0.4 is 5.32 Å². The van der Waals surface area contributed by atoms with E-state index in [4.69, 9.17) is 0 Å². The number of hydrogen-bond donors (Lipinski definition) is 2. The first-order valence-electron chi connectivity index (χ1n) is 5.06. The molecular formula is C11H11IN4O. The second kappa shape index (κ2) is 5.26. The summed E-state index contributed by atoms with van der Waals surface area (Å²) in [5.41, 5.74) is 1.68. The number of rotatable bonds is 3. The Morgan fingerprint density at radius 3 is 3.06 bits per heavy atom. The summed E-state index contributed by atoms with van der Waals surface area (Å²) in [5, 5.41) is 9.20. The van der Waals surface area contributed by atoms with Gasteiger partial charge in [-0.15, -0.1) is 0 Å². The molecule has 2 N–H and O–H groups in total. The molecule has 0 saturated heterocycles. The summed E-state index contributed by atoms with van der Waals surface area (Å²) >= 11 is 2.21. The van der Waals surface area contributed by atoms with Crippen molar-refractivity contribution in [3.8, 4) is 0 Å². The number of carbonyl (C=O) groups is 1. The molecule has 0 radical (unpaired) electrons. The molecule has 17 heavy (non-hydrogen) atoms. The fourth-order valence-electron chi connectivity index (χ4n) is 1.43. The average Bonchev–Trinajstić information content (AvgIpc) is 2.82. The molecule has 0 fully saturated rings. The van der Waals surface area contributed by atoms with E-state index >= 15 is 0 Å². The Labute approximate surface area is 112 Å². The van der Waals surface area contributed by atoms with Crippen LogP contribution >= 0.6 is 22.6 Å². The van der Waals surface area contributed by atoms with Crippen molar-refractivity contribution in [1.29, 1.82) is 0 Å². The minimum absolute atomic E-state index is 0.0996. The maximum atomic E-state index is 11.9. The lowest BCUT2D eigenvalue weighted by atomic mass is 10.1. The van der Waals surface area contributed by atoms with E-state index in [1.165, 1.54) is 6.33 Å². The number of H-pyrrole nitrogens is 1. The molecule has 0 bridgehead atoms. The number of benzene rings is 1. The highest BCUT2D eigenvalue weighted by Crippen LogP contribution is 2.15. The number of halogens is 1. The molecule has 0 aliphatic carbocycles. The van der Waals surface area contributed by atoms with Gasteiger partial charge in [0.2, 0.25) is 0 Å². The highest BCUT2D eigenvalue weighted by atomic mass is 127. The van der Waals surface area contributed by atoms with Gasteiger partial charge in [0, 0.05) is 9.13 Å². The zero-order valence-corrected chi connectivity index (χ0v) is 11.4.